The highest BCUT2D eigenvalue weighted by molar-refractivity contribution is 7.91. The first-order chi connectivity index (χ1) is 8.48. The fourth-order valence-corrected chi connectivity index (χ4v) is 3.10. The lowest BCUT2D eigenvalue weighted by atomic mass is 10.2. The number of nitrogens with zero attached hydrogens (tertiary/aromatic N) is 1. The van der Waals surface area contributed by atoms with Crippen molar-refractivity contribution in [2.45, 2.75) is 19.6 Å². The van der Waals surface area contributed by atoms with E-state index in [4.69, 9.17) is 0 Å². The first-order valence-electron chi connectivity index (χ1n) is 6.00. The molecule has 0 atom stereocenters. The number of hydrogen-bond acceptors (Lipinski definition) is 3. The molecule has 0 aliphatic heterocycles. The first kappa shape index (κ1) is 14.7. The Hall–Kier alpha value is -1.36. The molecule has 0 radical (unpaired) electrons. The van der Waals surface area contributed by atoms with Gasteiger partial charge in [-0.3, -0.25) is 4.79 Å². The monoisotopic (exact) mass is 269 g/mol. The molecule has 1 aromatic rings. The molecule has 0 saturated carbocycles. The van der Waals surface area contributed by atoms with E-state index in [1.807, 2.05) is 19.9 Å². The third-order valence-electron chi connectivity index (χ3n) is 2.69. The van der Waals surface area contributed by atoms with E-state index in [-0.39, 0.29) is 11.7 Å². The summed E-state index contributed by atoms with van der Waals surface area (Å²) in [5.74, 6) is -0.819. The van der Waals surface area contributed by atoms with Crippen LogP contribution >= 0.6 is 0 Å². The molecule has 0 bridgehead atoms. The van der Waals surface area contributed by atoms with Crippen LogP contribution in [0.3, 0.4) is 0 Å². The fourth-order valence-electron chi connectivity index (χ4n) is 1.73. The molecule has 100 valence electrons. The minimum Gasteiger partial charge on any atom is -0.342 e. The average molecular weight is 269 g/mol. The maximum Gasteiger partial charge on any atom is 0.237 e. The van der Waals surface area contributed by atoms with Gasteiger partial charge in [0, 0.05) is 13.1 Å². The summed E-state index contributed by atoms with van der Waals surface area (Å²) in [4.78, 5) is 13.3. The molecule has 0 aliphatic rings. The van der Waals surface area contributed by atoms with Crippen LogP contribution in [0.2, 0.25) is 0 Å². The van der Waals surface area contributed by atoms with Gasteiger partial charge >= 0.3 is 0 Å². The molecule has 0 spiro atoms. The van der Waals surface area contributed by atoms with Crippen molar-refractivity contribution in [1.82, 2.24) is 4.90 Å². The highest BCUT2D eigenvalue weighted by atomic mass is 32.2. The van der Waals surface area contributed by atoms with Crippen LogP contribution in [0.25, 0.3) is 0 Å². The molecule has 4 nitrogen and oxygen atoms in total. The summed E-state index contributed by atoms with van der Waals surface area (Å²) < 4.78 is 23.8. The van der Waals surface area contributed by atoms with Crippen LogP contribution in [0.4, 0.5) is 0 Å². The summed E-state index contributed by atoms with van der Waals surface area (Å²) in [6, 6.07) is 8.91. The van der Waals surface area contributed by atoms with Gasteiger partial charge in [0.2, 0.25) is 5.91 Å². The largest absolute Gasteiger partial charge is 0.342 e. The van der Waals surface area contributed by atoms with Gasteiger partial charge in [0.1, 0.15) is 5.75 Å². The van der Waals surface area contributed by atoms with E-state index in [2.05, 4.69) is 0 Å². The van der Waals surface area contributed by atoms with E-state index < -0.39 is 15.6 Å². The molecule has 0 saturated heterocycles. The van der Waals surface area contributed by atoms with Gasteiger partial charge in [-0.15, -0.1) is 0 Å². The summed E-state index contributed by atoms with van der Waals surface area (Å²) in [6.45, 7) is 4.75. The van der Waals surface area contributed by atoms with Crippen LogP contribution in [-0.4, -0.2) is 38.1 Å². The Morgan fingerprint density at radius 1 is 1.11 bits per heavy atom. The van der Waals surface area contributed by atoms with Crippen molar-refractivity contribution >= 4 is 15.7 Å². The molecule has 1 aromatic carbocycles. The number of carbonyl (C=O) groups excluding carboxylic acids is 1. The van der Waals surface area contributed by atoms with Gasteiger partial charge in [0.25, 0.3) is 0 Å². The summed E-state index contributed by atoms with van der Waals surface area (Å²) in [6.07, 6.45) is 0. The van der Waals surface area contributed by atoms with Gasteiger partial charge in [0.15, 0.2) is 9.84 Å². The lowest BCUT2D eigenvalue weighted by Gasteiger charge is -2.18. The predicted molar refractivity (Wildman–Crippen MR) is 71.9 cm³/mol. The third-order valence-corrected chi connectivity index (χ3v) is 4.15. The molecule has 0 aliphatic carbocycles. The Bertz CT molecular complexity index is 478. The zero-order valence-corrected chi connectivity index (χ0v) is 11.6. The van der Waals surface area contributed by atoms with Crippen molar-refractivity contribution in [3.8, 4) is 0 Å². The molecule has 0 fully saturated rings. The highest BCUT2D eigenvalue weighted by Gasteiger charge is 2.20. The van der Waals surface area contributed by atoms with E-state index in [1.54, 1.807) is 24.3 Å². The number of amides is 1. The number of sulfone groups is 1. The Morgan fingerprint density at radius 3 is 2.17 bits per heavy atom. The molecule has 5 heteroatoms. The van der Waals surface area contributed by atoms with Crippen molar-refractivity contribution < 1.29 is 13.2 Å². The second-order valence-electron chi connectivity index (χ2n) is 4.08. The van der Waals surface area contributed by atoms with E-state index >= 15 is 0 Å². The highest BCUT2D eigenvalue weighted by Crippen LogP contribution is 2.07. The maximum absolute atomic E-state index is 11.9. The minimum absolute atomic E-state index is 0.0825. The van der Waals surface area contributed by atoms with Gasteiger partial charge in [-0.25, -0.2) is 8.42 Å². The molecule has 1 rings (SSSR count). The second kappa shape index (κ2) is 6.54. The Kier molecular flexibility index (Phi) is 5.34. The smallest absolute Gasteiger partial charge is 0.237 e. The Morgan fingerprint density at radius 2 is 1.67 bits per heavy atom. The van der Waals surface area contributed by atoms with Crippen LogP contribution in [0, 0.1) is 0 Å². The van der Waals surface area contributed by atoms with Gasteiger partial charge in [-0.05, 0) is 19.4 Å². The number of carbonyl (C=O) groups is 1. The summed E-state index contributed by atoms with van der Waals surface area (Å²) in [5.41, 5.74) is 0.713. The van der Waals surface area contributed by atoms with Gasteiger partial charge < -0.3 is 4.90 Å². The Balaban J connectivity index is 2.68. The third kappa shape index (κ3) is 4.49. The van der Waals surface area contributed by atoms with E-state index in [1.165, 1.54) is 4.90 Å². The van der Waals surface area contributed by atoms with Gasteiger partial charge in [-0.1, -0.05) is 30.3 Å². The summed E-state index contributed by atoms with van der Waals surface area (Å²) in [5, 5.41) is 0. The topological polar surface area (TPSA) is 54.5 Å². The van der Waals surface area contributed by atoms with E-state index in [0.717, 1.165) is 0 Å². The quantitative estimate of drug-likeness (QED) is 0.786. The predicted octanol–water partition coefficient (Wildman–Crippen LogP) is 1.47. The second-order valence-corrected chi connectivity index (χ2v) is 6.15. The number of benzene rings is 1. The fraction of sp³-hybridized carbons (Fsp3) is 0.462. The molecular formula is C13H19NO3S. The summed E-state index contributed by atoms with van der Waals surface area (Å²) >= 11 is 0. The van der Waals surface area contributed by atoms with Crippen LogP contribution in [-0.2, 0) is 20.4 Å². The van der Waals surface area contributed by atoms with Crippen molar-refractivity contribution in [3.63, 3.8) is 0 Å². The van der Waals surface area contributed by atoms with Crippen LogP contribution in [0.1, 0.15) is 19.4 Å². The number of rotatable bonds is 6. The van der Waals surface area contributed by atoms with Crippen LogP contribution in [0.5, 0.6) is 0 Å². The average Bonchev–Trinajstić information content (AvgIpc) is 2.30. The number of hydrogen-bond donors (Lipinski definition) is 0. The molecule has 0 heterocycles. The SMILES string of the molecule is CCN(CC)C(=O)CS(=O)(=O)Cc1ccccc1. The molecule has 0 N–H and O–H groups in total. The molecule has 1 amide bonds. The Labute approximate surface area is 109 Å². The lowest BCUT2D eigenvalue weighted by molar-refractivity contribution is -0.128. The van der Waals surface area contributed by atoms with Crippen molar-refractivity contribution in [2.24, 2.45) is 0 Å². The van der Waals surface area contributed by atoms with E-state index in [9.17, 15) is 13.2 Å². The standard InChI is InChI=1S/C13H19NO3S/c1-3-14(4-2)13(15)11-18(16,17)10-12-8-6-5-7-9-12/h5-9H,3-4,10-11H2,1-2H3. The molecule has 0 aromatic heterocycles. The normalized spacial score (nSPS) is 11.2. The zero-order valence-electron chi connectivity index (χ0n) is 10.8. The van der Waals surface area contributed by atoms with Crippen molar-refractivity contribution in [2.75, 3.05) is 18.8 Å². The molecule has 18 heavy (non-hydrogen) atoms. The maximum atomic E-state index is 11.9. The minimum atomic E-state index is -3.39. The van der Waals surface area contributed by atoms with Crippen molar-refractivity contribution in [1.29, 1.82) is 0 Å². The van der Waals surface area contributed by atoms with Gasteiger partial charge in [-0.2, -0.15) is 0 Å². The molecular weight excluding hydrogens is 250 g/mol. The van der Waals surface area contributed by atoms with Crippen LogP contribution < -0.4 is 0 Å². The molecule has 0 unspecified atom stereocenters. The zero-order chi connectivity index (χ0) is 13.6. The van der Waals surface area contributed by atoms with Crippen LogP contribution in [0.15, 0.2) is 30.3 Å². The van der Waals surface area contributed by atoms with Crippen molar-refractivity contribution in [3.05, 3.63) is 35.9 Å². The first-order valence-corrected chi connectivity index (χ1v) is 7.82. The van der Waals surface area contributed by atoms with Gasteiger partial charge in [0.05, 0.1) is 5.75 Å². The van der Waals surface area contributed by atoms with E-state index in [0.29, 0.717) is 18.7 Å². The lowest BCUT2D eigenvalue weighted by Crippen LogP contribution is -2.35. The summed E-state index contributed by atoms with van der Waals surface area (Å²) in [7, 11) is -3.39.